The topological polar surface area (TPSA) is 50.8 Å². The minimum atomic E-state index is -0.170. The first-order chi connectivity index (χ1) is 12.2. The van der Waals surface area contributed by atoms with Gasteiger partial charge in [-0.2, -0.15) is 0 Å². The van der Waals surface area contributed by atoms with Gasteiger partial charge in [-0.3, -0.25) is 4.90 Å². The number of benzene rings is 2. The fourth-order valence-electron chi connectivity index (χ4n) is 2.78. The van der Waals surface area contributed by atoms with Crippen LogP contribution >= 0.6 is 0 Å². The molecule has 0 spiro atoms. The Hall–Kier alpha value is -2.37. The molecule has 1 heterocycles. The highest BCUT2D eigenvalue weighted by atomic mass is 16.5. The molecule has 0 aromatic heterocycles. The summed E-state index contributed by atoms with van der Waals surface area (Å²) in [7, 11) is 0. The van der Waals surface area contributed by atoms with E-state index < -0.39 is 0 Å². The highest BCUT2D eigenvalue weighted by Gasteiger charge is 2.21. The number of carbonyl (C=O) groups is 1. The zero-order valence-corrected chi connectivity index (χ0v) is 14.4. The molecule has 132 valence electrons. The van der Waals surface area contributed by atoms with Crippen molar-refractivity contribution >= 4 is 17.4 Å². The third kappa shape index (κ3) is 4.81. The number of nitrogens with zero attached hydrogens (tertiary/aromatic N) is 1. The van der Waals surface area contributed by atoms with Gasteiger partial charge in [-0.1, -0.05) is 36.4 Å². The van der Waals surface area contributed by atoms with Gasteiger partial charge in [0.15, 0.2) is 0 Å². The van der Waals surface area contributed by atoms with E-state index in [1.807, 2.05) is 67.6 Å². The summed E-state index contributed by atoms with van der Waals surface area (Å²) in [6.07, 6.45) is 1.06. The van der Waals surface area contributed by atoms with Crippen LogP contribution in [-0.4, -0.2) is 38.0 Å². The summed E-state index contributed by atoms with van der Waals surface area (Å²) >= 11 is 0. The maximum Gasteiger partial charge on any atom is 0.326 e. The van der Waals surface area contributed by atoms with Crippen molar-refractivity contribution in [2.75, 3.05) is 24.7 Å². The van der Waals surface area contributed by atoms with Gasteiger partial charge < -0.3 is 14.8 Å². The van der Waals surface area contributed by atoms with E-state index in [1.54, 1.807) is 4.90 Å². The zero-order valence-electron chi connectivity index (χ0n) is 14.4. The van der Waals surface area contributed by atoms with Gasteiger partial charge in [0.2, 0.25) is 0 Å². The molecule has 1 aliphatic heterocycles. The van der Waals surface area contributed by atoms with E-state index in [0.717, 1.165) is 24.4 Å². The first kappa shape index (κ1) is 17.5. The molecule has 25 heavy (non-hydrogen) atoms. The van der Waals surface area contributed by atoms with Crippen molar-refractivity contribution in [3.05, 3.63) is 60.7 Å². The number of ether oxygens (including phenoxy) is 2. The van der Waals surface area contributed by atoms with E-state index in [4.69, 9.17) is 9.47 Å². The van der Waals surface area contributed by atoms with Crippen molar-refractivity contribution < 1.29 is 14.3 Å². The minimum absolute atomic E-state index is 0.0944. The summed E-state index contributed by atoms with van der Waals surface area (Å²) in [5, 5.41) is 3.02. The number of urea groups is 1. The van der Waals surface area contributed by atoms with Gasteiger partial charge >= 0.3 is 6.03 Å². The molecule has 2 aromatic carbocycles. The van der Waals surface area contributed by atoms with Crippen LogP contribution < -0.4 is 10.2 Å². The van der Waals surface area contributed by atoms with Crippen molar-refractivity contribution in [3.63, 3.8) is 0 Å². The van der Waals surface area contributed by atoms with Crippen molar-refractivity contribution in [2.45, 2.75) is 25.5 Å². The molecule has 0 radical (unpaired) electrons. The van der Waals surface area contributed by atoms with Crippen LogP contribution in [0, 0.1) is 0 Å². The lowest BCUT2D eigenvalue weighted by Gasteiger charge is -2.26. The predicted octanol–water partition coefficient (Wildman–Crippen LogP) is 3.73. The number of carbonyl (C=O) groups excluding carboxylic acids is 1. The molecular formula is C20H24N2O3. The Kier molecular flexibility index (Phi) is 6.04. The van der Waals surface area contributed by atoms with Gasteiger partial charge in [0.05, 0.1) is 36.7 Å². The second-order valence-electron chi connectivity index (χ2n) is 6.18. The van der Waals surface area contributed by atoms with Gasteiger partial charge in [-0.05, 0) is 37.6 Å². The Labute approximate surface area is 148 Å². The van der Waals surface area contributed by atoms with Crippen LogP contribution in [-0.2, 0) is 9.47 Å². The highest BCUT2D eigenvalue weighted by molar-refractivity contribution is 5.99. The molecule has 2 aromatic rings. The van der Waals surface area contributed by atoms with E-state index in [1.165, 1.54) is 0 Å². The van der Waals surface area contributed by atoms with Gasteiger partial charge in [-0.25, -0.2) is 4.79 Å². The summed E-state index contributed by atoms with van der Waals surface area (Å²) in [5.41, 5.74) is 1.65. The van der Waals surface area contributed by atoms with Crippen LogP contribution in [0.5, 0.6) is 0 Å². The SMILES string of the molecule is C[C@H](CO[C@H]1CCOC1)NC(=O)N(c1ccccc1)c1ccccc1. The Balaban J connectivity index is 1.66. The average molecular weight is 340 g/mol. The van der Waals surface area contributed by atoms with E-state index in [9.17, 15) is 4.79 Å². The molecule has 0 saturated carbocycles. The molecule has 1 aliphatic rings. The summed E-state index contributed by atoms with van der Waals surface area (Å²) in [6.45, 7) is 3.81. The van der Waals surface area contributed by atoms with E-state index >= 15 is 0 Å². The first-order valence-corrected chi connectivity index (χ1v) is 8.64. The van der Waals surface area contributed by atoms with Crippen molar-refractivity contribution in [1.29, 1.82) is 0 Å². The fraction of sp³-hybridized carbons (Fsp3) is 0.350. The quantitative estimate of drug-likeness (QED) is 0.872. The Bertz CT molecular complexity index is 618. The van der Waals surface area contributed by atoms with Crippen LogP contribution in [0.2, 0.25) is 0 Å². The predicted molar refractivity (Wildman–Crippen MR) is 98.2 cm³/mol. The fourth-order valence-corrected chi connectivity index (χ4v) is 2.78. The van der Waals surface area contributed by atoms with Crippen molar-refractivity contribution in [3.8, 4) is 0 Å². The van der Waals surface area contributed by atoms with Gasteiger partial charge in [-0.15, -0.1) is 0 Å². The lowest BCUT2D eigenvalue weighted by atomic mass is 10.2. The Morgan fingerprint density at radius 3 is 2.28 bits per heavy atom. The van der Waals surface area contributed by atoms with Crippen molar-refractivity contribution in [2.24, 2.45) is 0 Å². The lowest BCUT2D eigenvalue weighted by Crippen LogP contribution is -2.44. The summed E-state index contributed by atoms with van der Waals surface area (Å²) in [4.78, 5) is 14.6. The van der Waals surface area contributed by atoms with E-state index in [0.29, 0.717) is 13.2 Å². The normalized spacial score (nSPS) is 17.9. The van der Waals surface area contributed by atoms with Gasteiger partial charge in [0.25, 0.3) is 0 Å². The molecule has 1 N–H and O–H groups in total. The number of amides is 2. The summed E-state index contributed by atoms with van der Waals surface area (Å²) in [6, 6.07) is 19.0. The van der Waals surface area contributed by atoms with Gasteiger partial charge in [0, 0.05) is 6.61 Å². The summed E-state index contributed by atoms with van der Waals surface area (Å²) < 4.78 is 11.1. The first-order valence-electron chi connectivity index (χ1n) is 8.64. The molecular weight excluding hydrogens is 316 g/mol. The largest absolute Gasteiger partial charge is 0.379 e. The minimum Gasteiger partial charge on any atom is -0.379 e. The number of anilines is 2. The smallest absolute Gasteiger partial charge is 0.326 e. The monoisotopic (exact) mass is 340 g/mol. The number of hydrogen-bond donors (Lipinski definition) is 1. The van der Waals surface area contributed by atoms with E-state index in [-0.39, 0.29) is 18.2 Å². The highest BCUT2D eigenvalue weighted by Crippen LogP contribution is 2.25. The zero-order chi connectivity index (χ0) is 17.5. The molecule has 1 fully saturated rings. The Morgan fingerprint density at radius 2 is 1.76 bits per heavy atom. The van der Waals surface area contributed by atoms with Crippen LogP contribution in [0.15, 0.2) is 60.7 Å². The third-order valence-corrected chi connectivity index (χ3v) is 4.07. The third-order valence-electron chi connectivity index (χ3n) is 4.07. The lowest BCUT2D eigenvalue weighted by molar-refractivity contribution is 0.0340. The van der Waals surface area contributed by atoms with Crippen molar-refractivity contribution in [1.82, 2.24) is 5.32 Å². The van der Waals surface area contributed by atoms with Crippen LogP contribution in [0.25, 0.3) is 0 Å². The second-order valence-corrected chi connectivity index (χ2v) is 6.18. The Morgan fingerprint density at radius 1 is 1.16 bits per heavy atom. The molecule has 2 amide bonds. The van der Waals surface area contributed by atoms with E-state index in [2.05, 4.69) is 5.32 Å². The number of rotatable bonds is 6. The maximum absolute atomic E-state index is 12.9. The number of nitrogens with one attached hydrogen (secondary N) is 1. The second kappa shape index (κ2) is 8.65. The van der Waals surface area contributed by atoms with Crippen LogP contribution in [0.4, 0.5) is 16.2 Å². The summed E-state index contributed by atoms with van der Waals surface area (Å²) in [5.74, 6) is 0. The standard InChI is InChI=1S/C20H24N2O3/c1-16(14-25-19-12-13-24-15-19)21-20(23)22(17-8-4-2-5-9-17)18-10-6-3-7-11-18/h2-11,16,19H,12-15H2,1H3,(H,21,23)/t16-,19+/m1/s1. The number of para-hydroxylation sites is 2. The van der Waals surface area contributed by atoms with Crippen LogP contribution in [0.1, 0.15) is 13.3 Å². The molecule has 2 atom stereocenters. The molecule has 1 saturated heterocycles. The van der Waals surface area contributed by atoms with Gasteiger partial charge in [0.1, 0.15) is 0 Å². The molecule has 0 bridgehead atoms. The number of hydrogen-bond acceptors (Lipinski definition) is 3. The average Bonchev–Trinajstić information content (AvgIpc) is 3.16. The molecule has 5 nitrogen and oxygen atoms in total. The maximum atomic E-state index is 12.9. The molecule has 3 rings (SSSR count). The molecule has 0 unspecified atom stereocenters. The van der Waals surface area contributed by atoms with Crippen LogP contribution in [0.3, 0.4) is 0 Å². The molecule has 0 aliphatic carbocycles. The molecule has 5 heteroatoms.